The second-order valence-corrected chi connectivity index (χ2v) is 5.07. The molecule has 0 radical (unpaired) electrons. The summed E-state index contributed by atoms with van der Waals surface area (Å²) in [5.74, 6) is -0.0672. The fourth-order valence-electron chi connectivity index (χ4n) is 2.68. The smallest absolute Gasteiger partial charge is 0.310 e. The van der Waals surface area contributed by atoms with Gasteiger partial charge in [-0.1, -0.05) is 13.0 Å². The molecule has 1 aliphatic heterocycles. The van der Waals surface area contributed by atoms with Crippen LogP contribution in [0.1, 0.15) is 25.3 Å². The Morgan fingerprint density at radius 2 is 2.42 bits per heavy atom. The summed E-state index contributed by atoms with van der Waals surface area (Å²) in [6.07, 6.45) is 3.07. The van der Waals surface area contributed by atoms with Gasteiger partial charge >= 0.3 is 5.97 Å². The van der Waals surface area contributed by atoms with E-state index in [4.69, 9.17) is 4.74 Å². The lowest BCUT2D eigenvalue weighted by Gasteiger charge is -2.23. The minimum Gasteiger partial charge on any atom is -0.481 e. The molecule has 1 aromatic heterocycles. The molecule has 0 aromatic carbocycles. The van der Waals surface area contributed by atoms with Gasteiger partial charge in [0.2, 0.25) is 5.88 Å². The zero-order valence-corrected chi connectivity index (χ0v) is 11.4. The van der Waals surface area contributed by atoms with Gasteiger partial charge in [-0.2, -0.15) is 0 Å². The second-order valence-electron chi connectivity index (χ2n) is 5.07. The van der Waals surface area contributed by atoms with Gasteiger partial charge < -0.3 is 9.84 Å². The highest BCUT2D eigenvalue weighted by molar-refractivity contribution is 5.75. The molecule has 1 saturated heterocycles. The minimum absolute atomic E-state index is 0.588. The number of hydrogen-bond acceptors (Lipinski definition) is 4. The van der Waals surface area contributed by atoms with Gasteiger partial charge in [0.25, 0.3) is 0 Å². The molecule has 1 fully saturated rings. The standard InChI is InChI=1S/C14H20N2O3/c1-3-14(13(17)18)6-8-16(10-14)9-11-5-4-7-15-12(11)19-2/h4-5,7H,3,6,8-10H2,1-2H3,(H,17,18). The Morgan fingerprint density at radius 3 is 3.00 bits per heavy atom. The lowest BCUT2D eigenvalue weighted by atomic mass is 9.84. The normalized spacial score (nSPS) is 23.5. The Morgan fingerprint density at radius 1 is 1.63 bits per heavy atom. The van der Waals surface area contributed by atoms with Crippen molar-refractivity contribution in [1.29, 1.82) is 0 Å². The average molecular weight is 264 g/mol. The monoisotopic (exact) mass is 264 g/mol. The van der Waals surface area contributed by atoms with E-state index in [2.05, 4.69) is 9.88 Å². The first kappa shape index (κ1) is 13.8. The molecule has 0 saturated carbocycles. The number of carbonyl (C=O) groups is 1. The van der Waals surface area contributed by atoms with Crippen LogP contribution >= 0.6 is 0 Å². The third-order valence-corrected chi connectivity index (χ3v) is 4.00. The Labute approximate surface area is 113 Å². The van der Waals surface area contributed by atoms with Crippen LogP contribution in [0, 0.1) is 5.41 Å². The number of pyridine rings is 1. The van der Waals surface area contributed by atoms with E-state index in [9.17, 15) is 9.90 Å². The lowest BCUT2D eigenvalue weighted by Crippen LogP contribution is -2.33. The number of likely N-dealkylation sites (tertiary alicyclic amines) is 1. The highest BCUT2D eigenvalue weighted by Crippen LogP contribution is 2.35. The van der Waals surface area contributed by atoms with Gasteiger partial charge in [0, 0.05) is 24.8 Å². The molecule has 104 valence electrons. The Balaban J connectivity index is 2.08. The third kappa shape index (κ3) is 2.71. The van der Waals surface area contributed by atoms with Crippen molar-refractivity contribution in [3.05, 3.63) is 23.9 Å². The molecule has 1 N–H and O–H groups in total. The number of ether oxygens (including phenoxy) is 1. The number of carboxylic acid groups (broad SMARTS) is 1. The molecule has 0 aliphatic carbocycles. The summed E-state index contributed by atoms with van der Waals surface area (Å²) in [6.45, 7) is 4.03. The Bertz CT molecular complexity index is 464. The summed E-state index contributed by atoms with van der Waals surface area (Å²) in [4.78, 5) is 17.7. The van der Waals surface area contributed by atoms with E-state index in [0.717, 1.165) is 12.1 Å². The molecule has 2 heterocycles. The van der Waals surface area contributed by atoms with Crippen molar-refractivity contribution < 1.29 is 14.6 Å². The number of hydrogen-bond donors (Lipinski definition) is 1. The molecule has 0 spiro atoms. The maximum absolute atomic E-state index is 11.4. The van der Waals surface area contributed by atoms with Gasteiger partial charge in [-0.25, -0.2) is 4.98 Å². The van der Waals surface area contributed by atoms with Crippen LogP contribution in [-0.2, 0) is 11.3 Å². The molecule has 1 unspecified atom stereocenters. The van der Waals surface area contributed by atoms with Crippen LogP contribution in [0.5, 0.6) is 5.88 Å². The summed E-state index contributed by atoms with van der Waals surface area (Å²) in [7, 11) is 1.60. The van der Waals surface area contributed by atoms with Crippen LogP contribution in [0.25, 0.3) is 0 Å². The highest BCUT2D eigenvalue weighted by atomic mass is 16.5. The van der Waals surface area contributed by atoms with E-state index >= 15 is 0 Å². The van der Waals surface area contributed by atoms with E-state index in [1.165, 1.54) is 0 Å². The number of methoxy groups -OCH3 is 1. The van der Waals surface area contributed by atoms with Crippen molar-refractivity contribution in [2.75, 3.05) is 20.2 Å². The summed E-state index contributed by atoms with van der Waals surface area (Å²) >= 11 is 0. The molecule has 1 aliphatic rings. The van der Waals surface area contributed by atoms with E-state index in [0.29, 0.717) is 31.8 Å². The molecule has 19 heavy (non-hydrogen) atoms. The molecule has 0 bridgehead atoms. The van der Waals surface area contributed by atoms with Crippen LogP contribution in [-0.4, -0.2) is 41.2 Å². The SMILES string of the molecule is CCC1(C(=O)O)CCN(Cc2cccnc2OC)C1. The number of rotatable bonds is 5. The molecular weight excluding hydrogens is 244 g/mol. The maximum atomic E-state index is 11.4. The Hall–Kier alpha value is -1.62. The van der Waals surface area contributed by atoms with Crippen molar-refractivity contribution in [2.24, 2.45) is 5.41 Å². The van der Waals surface area contributed by atoms with Crippen LogP contribution in [0.4, 0.5) is 0 Å². The fraction of sp³-hybridized carbons (Fsp3) is 0.571. The van der Waals surface area contributed by atoms with E-state index < -0.39 is 11.4 Å². The van der Waals surface area contributed by atoms with E-state index in [-0.39, 0.29) is 0 Å². The highest BCUT2D eigenvalue weighted by Gasteiger charge is 2.43. The van der Waals surface area contributed by atoms with Crippen molar-refractivity contribution >= 4 is 5.97 Å². The van der Waals surface area contributed by atoms with Crippen molar-refractivity contribution in [1.82, 2.24) is 9.88 Å². The van der Waals surface area contributed by atoms with Crippen LogP contribution < -0.4 is 4.74 Å². The summed E-state index contributed by atoms with van der Waals surface area (Å²) in [5, 5.41) is 9.38. The maximum Gasteiger partial charge on any atom is 0.310 e. The largest absolute Gasteiger partial charge is 0.481 e. The first-order chi connectivity index (χ1) is 9.11. The van der Waals surface area contributed by atoms with E-state index in [1.807, 2.05) is 19.1 Å². The van der Waals surface area contributed by atoms with Crippen molar-refractivity contribution in [3.63, 3.8) is 0 Å². The molecule has 2 rings (SSSR count). The fourth-order valence-corrected chi connectivity index (χ4v) is 2.68. The molecule has 5 nitrogen and oxygen atoms in total. The van der Waals surface area contributed by atoms with Crippen LogP contribution in [0.15, 0.2) is 18.3 Å². The van der Waals surface area contributed by atoms with Crippen molar-refractivity contribution in [3.8, 4) is 5.88 Å². The zero-order chi connectivity index (χ0) is 13.9. The molecule has 1 aromatic rings. The van der Waals surface area contributed by atoms with Gasteiger partial charge in [0.15, 0.2) is 0 Å². The van der Waals surface area contributed by atoms with E-state index in [1.54, 1.807) is 13.3 Å². The summed E-state index contributed by atoms with van der Waals surface area (Å²) < 4.78 is 5.23. The number of aromatic nitrogens is 1. The Kier molecular flexibility index (Phi) is 4.04. The average Bonchev–Trinajstić information content (AvgIpc) is 2.84. The van der Waals surface area contributed by atoms with Crippen LogP contribution in [0.3, 0.4) is 0 Å². The van der Waals surface area contributed by atoms with Gasteiger partial charge in [-0.3, -0.25) is 9.69 Å². The van der Waals surface area contributed by atoms with Crippen molar-refractivity contribution in [2.45, 2.75) is 26.3 Å². The topological polar surface area (TPSA) is 62.7 Å². The van der Waals surface area contributed by atoms with Gasteiger partial charge in [0.1, 0.15) is 0 Å². The van der Waals surface area contributed by atoms with Gasteiger partial charge in [0.05, 0.1) is 12.5 Å². The minimum atomic E-state index is -0.685. The molecule has 1 atom stereocenters. The first-order valence-electron chi connectivity index (χ1n) is 6.55. The summed E-state index contributed by atoms with van der Waals surface area (Å²) in [5.41, 5.74) is 0.414. The van der Waals surface area contributed by atoms with Crippen LogP contribution in [0.2, 0.25) is 0 Å². The lowest BCUT2D eigenvalue weighted by molar-refractivity contribution is -0.148. The predicted octanol–water partition coefficient (Wildman–Crippen LogP) is 1.78. The number of carboxylic acids is 1. The molecular formula is C14H20N2O3. The second kappa shape index (κ2) is 5.57. The summed E-state index contributed by atoms with van der Waals surface area (Å²) in [6, 6.07) is 3.84. The molecule has 5 heteroatoms. The first-order valence-corrected chi connectivity index (χ1v) is 6.55. The van der Waals surface area contributed by atoms with Gasteiger partial charge in [-0.15, -0.1) is 0 Å². The number of nitrogens with zero attached hydrogens (tertiary/aromatic N) is 2. The quantitative estimate of drug-likeness (QED) is 0.878. The van der Waals surface area contributed by atoms with Gasteiger partial charge in [-0.05, 0) is 25.5 Å². The molecule has 0 amide bonds. The number of aliphatic carboxylic acids is 1. The third-order valence-electron chi connectivity index (χ3n) is 4.00. The predicted molar refractivity (Wildman–Crippen MR) is 71.0 cm³/mol. The zero-order valence-electron chi connectivity index (χ0n) is 11.4.